The highest BCUT2D eigenvalue weighted by Gasteiger charge is 2.16. The molecule has 1 N–H and O–H groups in total. The van der Waals surface area contributed by atoms with Crippen molar-refractivity contribution < 1.29 is 19.0 Å². The number of carboxylic acids is 1. The van der Waals surface area contributed by atoms with Gasteiger partial charge in [0, 0.05) is 6.07 Å². The summed E-state index contributed by atoms with van der Waals surface area (Å²) >= 11 is 5.79. The van der Waals surface area contributed by atoms with Crippen LogP contribution in [0.1, 0.15) is 10.4 Å². The van der Waals surface area contributed by atoms with E-state index in [1.165, 1.54) is 30.3 Å². The maximum atomic E-state index is 13.0. The molecule has 5 heteroatoms. The van der Waals surface area contributed by atoms with Crippen LogP contribution < -0.4 is 4.74 Å². The average molecular weight is 267 g/mol. The summed E-state index contributed by atoms with van der Waals surface area (Å²) in [4.78, 5) is 11.1. The Labute approximate surface area is 107 Å². The van der Waals surface area contributed by atoms with Crippen molar-refractivity contribution in [3.63, 3.8) is 0 Å². The van der Waals surface area contributed by atoms with E-state index in [1.54, 1.807) is 6.07 Å². The SMILES string of the molecule is O=C(O)c1c(Cl)cccc1Oc1cccc(F)c1. The number of carbonyl (C=O) groups is 1. The van der Waals surface area contributed by atoms with Crippen molar-refractivity contribution in [1.29, 1.82) is 0 Å². The van der Waals surface area contributed by atoms with Crippen LogP contribution >= 0.6 is 11.6 Å². The van der Waals surface area contributed by atoms with E-state index in [2.05, 4.69) is 0 Å². The second kappa shape index (κ2) is 5.06. The van der Waals surface area contributed by atoms with Gasteiger partial charge in [-0.1, -0.05) is 23.7 Å². The first kappa shape index (κ1) is 12.4. The Kier molecular flexibility index (Phi) is 3.48. The number of aromatic carboxylic acids is 1. The van der Waals surface area contributed by atoms with Gasteiger partial charge in [0.05, 0.1) is 5.02 Å². The molecule has 0 fully saturated rings. The molecule has 0 aliphatic heterocycles. The fraction of sp³-hybridized carbons (Fsp3) is 0. The summed E-state index contributed by atoms with van der Waals surface area (Å²) in [5.74, 6) is -1.39. The molecule has 0 amide bonds. The predicted octanol–water partition coefficient (Wildman–Crippen LogP) is 3.97. The minimum atomic E-state index is -1.20. The van der Waals surface area contributed by atoms with Gasteiger partial charge in [-0.25, -0.2) is 9.18 Å². The number of ether oxygens (including phenoxy) is 1. The van der Waals surface area contributed by atoms with E-state index in [1.807, 2.05) is 0 Å². The first-order valence-corrected chi connectivity index (χ1v) is 5.41. The molecule has 0 aliphatic carbocycles. The second-order valence-corrected chi connectivity index (χ2v) is 3.88. The van der Waals surface area contributed by atoms with E-state index in [0.29, 0.717) is 0 Å². The van der Waals surface area contributed by atoms with Crippen LogP contribution in [0.25, 0.3) is 0 Å². The van der Waals surface area contributed by atoms with Gasteiger partial charge in [0.2, 0.25) is 0 Å². The van der Waals surface area contributed by atoms with Crippen molar-refractivity contribution in [3.8, 4) is 11.5 Å². The van der Waals surface area contributed by atoms with Crippen LogP contribution in [0.4, 0.5) is 4.39 Å². The monoisotopic (exact) mass is 266 g/mol. The van der Waals surface area contributed by atoms with Gasteiger partial charge in [0.25, 0.3) is 0 Å². The van der Waals surface area contributed by atoms with E-state index in [0.717, 1.165) is 6.07 Å². The van der Waals surface area contributed by atoms with E-state index < -0.39 is 11.8 Å². The lowest BCUT2D eigenvalue weighted by atomic mass is 10.2. The molecule has 3 nitrogen and oxygen atoms in total. The molecule has 0 heterocycles. The minimum Gasteiger partial charge on any atom is -0.478 e. The highest BCUT2D eigenvalue weighted by Crippen LogP contribution is 2.30. The van der Waals surface area contributed by atoms with Crippen LogP contribution in [0.2, 0.25) is 5.02 Å². The molecule has 18 heavy (non-hydrogen) atoms. The second-order valence-electron chi connectivity index (χ2n) is 3.48. The van der Waals surface area contributed by atoms with E-state index in [9.17, 15) is 9.18 Å². The summed E-state index contributed by atoms with van der Waals surface area (Å²) in [6.07, 6.45) is 0. The van der Waals surface area contributed by atoms with Crippen molar-refractivity contribution in [2.75, 3.05) is 0 Å². The van der Waals surface area contributed by atoms with Crippen LogP contribution in [0.15, 0.2) is 42.5 Å². The highest BCUT2D eigenvalue weighted by molar-refractivity contribution is 6.33. The summed E-state index contributed by atoms with van der Waals surface area (Å²) in [6, 6.07) is 9.88. The minimum absolute atomic E-state index is 0.0661. The molecule has 2 rings (SSSR count). The predicted molar refractivity (Wildman–Crippen MR) is 64.9 cm³/mol. The maximum absolute atomic E-state index is 13.0. The topological polar surface area (TPSA) is 46.5 Å². The van der Waals surface area contributed by atoms with Crippen LogP contribution in [0.3, 0.4) is 0 Å². The Balaban J connectivity index is 2.40. The van der Waals surface area contributed by atoms with Crippen molar-refractivity contribution in [2.45, 2.75) is 0 Å². The van der Waals surface area contributed by atoms with Crippen LogP contribution in [0.5, 0.6) is 11.5 Å². The quantitative estimate of drug-likeness (QED) is 0.914. The molecule has 0 atom stereocenters. The number of hydrogen-bond acceptors (Lipinski definition) is 2. The van der Waals surface area contributed by atoms with Crippen molar-refractivity contribution >= 4 is 17.6 Å². The first-order valence-electron chi connectivity index (χ1n) is 5.03. The largest absolute Gasteiger partial charge is 0.478 e. The summed E-state index contributed by atoms with van der Waals surface area (Å²) in [6.45, 7) is 0. The Morgan fingerprint density at radius 2 is 1.94 bits per heavy atom. The Bertz CT molecular complexity index is 599. The number of rotatable bonds is 3. The normalized spacial score (nSPS) is 10.1. The summed E-state index contributed by atoms with van der Waals surface area (Å²) in [5.41, 5.74) is -0.150. The molecule has 0 unspecified atom stereocenters. The van der Waals surface area contributed by atoms with Gasteiger partial charge in [0.15, 0.2) is 0 Å². The zero-order chi connectivity index (χ0) is 13.1. The maximum Gasteiger partial charge on any atom is 0.341 e. The van der Waals surface area contributed by atoms with Crippen molar-refractivity contribution in [2.24, 2.45) is 0 Å². The highest BCUT2D eigenvalue weighted by atomic mass is 35.5. The molecule has 0 spiro atoms. The lowest BCUT2D eigenvalue weighted by molar-refractivity contribution is 0.0694. The Morgan fingerprint density at radius 1 is 1.22 bits per heavy atom. The summed E-state index contributed by atoms with van der Waals surface area (Å²) in [7, 11) is 0. The molecule has 2 aromatic carbocycles. The van der Waals surface area contributed by atoms with Crippen LogP contribution in [-0.4, -0.2) is 11.1 Å². The zero-order valence-corrected chi connectivity index (χ0v) is 9.82. The summed E-state index contributed by atoms with van der Waals surface area (Å²) in [5, 5.41) is 9.11. The van der Waals surface area contributed by atoms with Gasteiger partial charge in [-0.05, 0) is 24.3 Å². The standard InChI is InChI=1S/C13H8ClFO3/c14-10-5-2-6-11(12(10)13(16)17)18-9-4-1-3-8(15)7-9/h1-7H,(H,16,17). The van der Waals surface area contributed by atoms with Gasteiger partial charge in [-0.2, -0.15) is 0 Å². The van der Waals surface area contributed by atoms with E-state index >= 15 is 0 Å². The van der Waals surface area contributed by atoms with E-state index in [4.69, 9.17) is 21.4 Å². The molecule has 0 aromatic heterocycles. The fourth-order valence-corrected chi connectivity index (χ4v) is 1.70. The van der Waals surface area contributed by atoms with Gasteiger partial charge in [-0.15, -0.1) is 0 Å². The van der Waals surface area contributed by atoms with Crippen LogP contribution in [-0.2, 0) is 0 Å². The molecule has 0 saturated carbocycles. The zero-order valence-electron chi connectivity index (χ0n) is 9.06. The van der Waals surface area contributed by atoms with Gasteiger partial charge >= 0.3 is 5.97 Å². The van der Waals surface area contributed by atoms with Gasteiger partial charge < -0.3 is 9.84 Å². The van der Waals surface area contributed by atoms with E-state index in [-0.39, 0.29) is 22.1 Å². The number of carboxylic acid groups (broad SMARTS) is 1. The number of benzene rings is 2. The molecule has 2 aromatic rings. The fourth-order valence-electron chi connectivity index (χ4n) is 1.45. The number of halogens is 2. The molecule has 92 valence electrons. The lowest BCUT2D eigenvalue weighted by Gasteiger charge is -2.09. The third kappa shape index (κ3) is 2.60. The van der Waals surface area contributed by atoms with Crippen molar-refractivity contribution in [3.05, 3.63) is 58.9 Å². The number of hydrogen-bond donors (Lipinski definition) is 1. The first-order chi connectivity index (χ1) is 8.58. The molecular weight excluding hydrogens is 259 g/mol. The molecule has 0 aliphatic rings. The molecule has 0 radical (unpaired) electrons. The lowest BCUT2D eigenvalue weighted by Crippen LogP contribution is -2.01. The van der Waals surface area contributed by atoms with Crippen LogP contribution in [0, 0.1) is 5.82 Å². The molecule has 0 bridgehead atoms. The molecular formula is C13H8ClFO3. The van der Waals surface area contributed by atoms with Gasteiger partial charge in [0.1, 0.15) is 22.9 Å². The third-order valence-electron chi connectivity index (χ3n) is 2.21. The average Bonchev–Trinajstić information content (AvgIpc) is 2.28. The summed E-state index contributed by atoms with van der Waals surface area (Å²) < 4.78 is 18.3. The molecule has 0 saturated heterocycles. The Morgan fingerprint density at radius 3 is 2.61 bits per heavy atom. The van der Waals surface area contributed by atoms with Gasteiger partial charge in [-0.3, -0.25) is 0 Å². The smallest absolute Gasteiger partial charge is 0.341 e. The Hall–Kier alpha value is -2.07. The third-order valence-corrected chi connectivity index (χ3v) is 2.53. The van der Waals surface area contributed by atoms with Crippen molar-refractivity contribution in [1.82, 2.24) is 0 Å².